The highest BCUT2D eigenvalue weighted by molar-refractivity contribution is 7.86. The molecule has 7 nitrogen and oxygen atoms in total. The van der Waals surface area contributed by atoms with Crippen molar-refractivity contribution < 1.29 is 37.5 Å². The molecule has 0 unspecified atom stereocenters. The highest BCUT2D eigenvalue weighted by Crippen LogP contribution is 2.17. The predicted octanol–water partition coefficient (Wildman–Crippen LogP) is 2.68. The molecule has 0 aliphatic heterocycles. The van der Waals surface area contributed by atoms with Crippen LogP contribution in [0.5, 0.6) is 11.5 Å². The van der Waals surface area contributed by atoms with Crippen molar-refractivity contribution in [3.05, 3.63) is 59.7 Å². The Hall–Kier alpha value is -2.58. The Morgan fingerprint density at radius 3 is 2.18 bits per heavy atom. The van der Waals surface area contributed by atoms with Gasteiger partial charge in [0.15, 0.2) is 6.10 Å². The summed E-state index contributed by atoms with van der Waals surface area (Å²) in [5.74, 6) is -1.08. The number of carboxylic acids is 1. The number of benzene rings is 2. The number of ether oxygens (including phenoxy) is 2. The fraction of sp³-hybridized carbons (Fsp3) is 0.350. The Labute approximate surface area is 170 Å². The minimum absolute atomic E-state index is 0.0316. The van der Waals surface area contributed by atoms with E-state index < -0.39 is 35.1 Å². The van der Waals surface area contributed by atoms with Crippen LogP contribution in [0.2, 0.25) is 0 Å². The van der Waals surface area contributed by atoms with E-state index >= 15 is 0 Å². The van der Waals surface area contributed by atoms with Crippen molar-refractivity contribution in [2.45, 2.75) is 25.8 Å². The zero-order chi connectivity index (χ0) is 24.2. The second-order valence-corrected chi connectivity index (χ2v) is 7.35. The molecule has 28 heavy (non-hydrogen) atoms. The Balaban J connectivity index is 2.14. The molecular weight excluding hydrogens is 384 g/mol. The summed E-state index contributed by atoms with van der Waals surface area (Å²) >= 11 is 0. The van der Waals surface area contributed by atoms with E-state index in [2.05, 4.69) is 0 Å². The number of hydrogen-bond donors (Lipinski definition) is 1. The van der Waals surface area contributed by atoms with Gasteiger partial charge < -0.3 is 18.8 Å². The summed E-state index contributed by atoms with van der Waals surface area (Å²) in [4.78, 5) is 11.2. The van der Waals surface area contributed by atoms with Gasteiger partial charge in [-0.25, -0.2) is 4.79 Å². The SMILES string of the molecule is [2H]C([2H])(Oc1ccc(C[C@H](OCC)C(=O)O)cc1)C([2H])([2H])c1ccc(OS(C)(=O)=O)cc1. The molecule has 0 aliphatic carbocycles. The van der Waals surface area contributed by atoms with Crippen LogP contribution in [-0.4, -0.2) is 45.0 Å². The van der Waals surface area contributed by atoms with Gasteiger partial charge in [0.2, 0.25) is 0 Å². The molecule has 0 saturated carbocycles. The molecule has 2 aromatic rings. The van der Waals surface area contributed by atoms with Crippen LogP contribution in [0, 0.1) is 0 Å². The van der Waals surface area contributed by atoms with Gasteiger partial charge in [-0.05, 0) is 42.3 Å². The lowest BCUT2D eigenvalue weighted by Crippen LogP contribution is -2.26. The van der Waals surface area contributed by atoms with Crippen molar-refractivity contribution in [1.82, 2.24) is 0 Å². The Bertz CT molecular complexity index is 1020. The molecule has 8 heteroatoms. The molecular formula is C20H24O7S. The summed E-state index contributed by atoms with van der Waals surface area (Å²) < 4.78 is 70.2. The Morgan fingerprint density at radius 2 is 1.64 bits per heavy atom. The molecule has 0 saturated heterocycles. The maximum absolute atomic E-state index is 11.2. The van der Waals surface area contributed by atoms with Crippen LogP contribution in [0.4, 0.5) is 0 Å². The van der Waals surface area contributed by atoms with E-state index in [9.17, 15) is 13.2 Å². The van der Waals surface area contributed by atoms with Crippen LogP contribution in [0.3, 0.4) is 0 Å². The highest BCUT2D eigenvalue weighted by atomic mass is 32.2. The number of rotatable bonds is 11. The fourth-order valence-electron chi connectivity index (χ4n) is 2.24. The molecule has 152 valence electrons. The van der Waals surface area contributed by atoms with Gasteiger partial charge in [0.1, 0.15) is 11.5 Å². The minimum atomic E-state index is -3.75. The second-order valence-electron chi connectivity index (χ2n) is 5.77. The Morgan fingerprint density at radius 1 is 1.07 bits per heavy atom. The first-order valence-electron chi connectivity index (χ1n) is 10.4. The van der Waals surface area contributed by atoms with Crippen LogP contribution in [-0.2, 0) is 32.4 Å². The maximum Gasteiger partial charge on any atom is 0.333 e. The topological polar surface area (TPSA) is 99.1 Å². The van der Waals surface area contributed by atoms with Crippen molar-refractivity contribution in [2.24, 2.45) is 0 Å². The molecule has 2 rings (SSSR count). The van der Waals surface area contributed by atoms with Crippen molar-refractivity contribution in [3.63, 3.8) is 0 Å². The summed E-state index contributed by atoms with van der Waals surface area (Å²) in [5.41, 5.74) is 0.546. The minimum Gasteiger partial charge on any atom is -0.493 e. The van der Waals surface area contributed by atoms with E-state index in [1.165, 1.54) is 36.4 Å². The molecule has 0 fully saturated rings. The van der Waals surface area contributed by atoms with Gasteiger partial charge >= 0.3 is 16.1 Å². The molecule has 0 aliphatic rings. The van der Waals surface area contributed by atoms with Gasteiger partial charge in [-0.2, -0.15) is 8.42 Å². The van der Waals surface area contributed by atoms with Crippen LogP contribution in [0.15, 0.2) is 48.5 Å². The molecule has 1 N–H and O–H groups in total. The number of carboxylic acid groups (broad SMARTS) is 1. The van der Waals surface area contributed by atoms with Crippen molar-refractivity contribution in [1.29, 1.82) is 0 Å². The summed E-state index contributed by atoms with van der Waals surface area (Å²) in [7, 11) is -3.75. The number of aliphatic carboxylic acids is 1. The van der Waals surface area contributed by atoms with Gasteiger partial charge in [0, 0.05) is 22.1 Å². The van der Waals surface area contributed by atoms with E-state index in [4.69, 9.17) is 24.2 Å². The molecule has 0 radical (unpaired) electrons. The quantitative estimate of drug-likeness (QED) is 0.567. The van der Waals surface area contributed by atoms with Crippen LogP contribution >= 0.6 is 0 Å². The highest BCUT2D eigenvalue weighted by Gasteiger charge is 2.17. The summed E-state index contributed by atoms with van der Waals surface area (Å²) in [6.07, 6.45) is -2.63. The Kier molecular flexibility index (Phi) is 5.91. The number of hydrogen-bond acceptors (Lipinski definition) is 6. The van der Waals surface area contributed by atoms with Gasteiger partial charge in [0.25, 0.3) is 0 Å². The van der Waals surface area contributed by atoms with E-state index in [-0.39, 0.29) is 30.1 Å². The third kappa shape index (κ3) is 7.58. The molecule has 0 heterocycles. The van der Waals surface area contributed by atoms with E-state index in [1.807, 2.05) is 0 Å². The van der Waals surface area contributed by atoms with E-state index in [0.717, 1.165) is 6.26 Å². The lowest BCUT2D eigenvalue weighted by atomic mass is 10.1. The number of aryl methyl sites for hydroxylation is 1. The van der Waals surface area contributed by atoms with Crippen molar-refractivity contribution in [3.8, 4) is 11.5 Å². The third-order valence-electron chi connectivity index (χ3n) is 3.45. The fourth-order valence-corrected chi connectivity index (χ4v) is 2.70. The number of carbonyl (C=O) groups is 1. The lowest BCUT2D eigenvalue weighted by Gasteiger charge is -2.13. The average molecular weight is 412 g/mol. The summed E-state index contributed by atoms with van der Waals surface area (Å²) in [6, 6.07) is 10.8. The normalized spacial score (nSPS) is 15.5. The maximum atomic E-state index is 11.2. The third-order valence-corrected chi connectivity index (χ3v) is 3.95. The van der Waals surface area contributed by atoms with Crippen LogP contribution < -0.4 is 8.92 Å². The van der Waals surface area contributed by atoms with Gasteiger partial charge in [-0.1, -0.05) is 24.3 Å². The smallest absolute Gasteiger partial charge is 0.333 e. The standard InChI is InChI=1S/C20H24O7S/c1-3-25-19(20(21)22)14-16-6-8-17(9-7-16)26-13-12-15-4-10-18(11-5-15)27-28(2,23)24/h4-11,19H,3,12-14H2,1-2H3,(H,21,22)/t19-/m0/s1/i12D2,13D2. The molecule has 0 aromatic heterocycles. The first-order chi connectivity index (χ1) is 14.7. The second kappa shape index (κ2) is 10.1. The van der Waals surface area contributed by atoms with Gasteiger partial charge in [0.05, 0.1) is 15.6 Å². The zero-order valence-corrected chi connectivity index (χ0v) is 16.2. The lowest BCUT2D eigenvalue weighted by molar-refractivity contribution is -0.149. The predicted molar refractivity (Wildman–Crippen MR) is 104 cm³/mol. The molecule has 0 amide bonds. The first kappa shape index (κ1) is 16.4. The van der Waals surface area contributed by atoms with Crippen molar-refractivity contribution >= 4 is 16.1 Å². The summed E-state index contributed by atoms with van der Waals surface area (Å²) in [5, 5.41) is 9.16. The van der Waals surface area contributed by atoms with E-state index in [1.54, 1.807) is 19.1 Å². The van der Waals surface area contributed by atoms with Crippen LogP contribution in [0.25, 0.3) is 0 Å². The summed E-state index contributed by atoms with van der Waals surface area (Å²) in [6.45, 7) is -0.855. The zero-order valence-electron chi connectivity index (χ0n) is 19.4. The average Bonchev–Trinajstić information content (AvgIpc) is 2.67. The molecule has 1 atom stereocenters. The van der Waals surface area contributed by atoms with Gasteiger partial charge in [-0.3, -0.25) is 0 Å². The van der Waals surface area contributed by atoms with Gasteiger partial charge in [-0.15, -0.1) is 0 Å². The monoisotopic (exact) mass is 412 g/mol. The first-order valence-corrected chi connectivity index (χ1v) is 10.2. The van der Waals surface area contributed by atoms with E-state index in [0.29, 0.717) is 5.56 Å². The van der Waals surface area contributed by atoms with Crippen molar-refractivity contribution in [2.75, 3.05) is 19.4 Å². The molecule has 0 bridgehead atoms. The largest absolute Gasteiger partial charge is 0.493 e. The van der Waals surface area contributed by atoms with Crippen LogP contribution in [0.1, 0.15) is 23.5 Å². The molecule has 0 spiro atoms. The molecule has 2 aromatic carbocycles.